The van der Waals surface area contributed by atoms with Crippen molar-refractivity contribution in [1.82, 2.24) is 0 Å². The molecule has 2 aliphatic heterocycles. The zero-order valence-electron chi connectivity index (χ0n) is 15.5. The van der Waals surface area contributed by atoms with Gasteiger partial charge in [-0.3, -0.25) is 0 Å². The molecule has 2 aliphatic rings. The molecule has 0 spiro atoms. The highest BCUT2D eigenvalue weighted by molar-refractivity contribution is 6.30. The van der Waals surface area contributed by atoms with Crippen molar-refractivity contribution >= 4 is 29.5 Å². The highest BCUT2D eigenvalue weighted by atomic mass is 35.5. The molecule has 0 N–H and O–H groups in total. The largest absolute Gasteiger partial charge is 0.493 e. The first-order chi connectivity index (χ1) is 14.4. The summed E-state index contributed by atoms with van der Waals surface area (Å²) < 4.78 is 45.3. The summed E-state index contributed by atoms with van der Waals surface area (Å²) in [4.78, 5) is 16.5. The Labute approximate surface area is 175 Å². The van der Waals surface area contributed by atoms with Crippen LogP contribution in [0.1, 0.15) is 11.1 Å². The minimum Gasteiger partial charge on any atom is -0.493 e. The number of carbonyl (C=O) groups excluding carboxylic acids is 1. The predicted molar refractivity (Wildman–Crippen MR) is 105 cm³/mol. The van der Waals surface area contributed by atoms with Gasteiger partial charge in [0.2, 0.25) is 5.90 Å². The average molecular weight is 434 g/mol. The molecule has 6 nitrogen and oxygen atoms in total. The molecule has 0 aromatic heterocycles. The zero-order valence-corrected chi connectivity index (χ0v) is 16.3. The molecule has 0 bridgehead atoms. The lowest BCUT2D eigenvalue weighted by Crippen LogP contribution is -2.08. The van der Waals surface area contributed by atoms with Crippen LogP contribution in [0.25, 0.3) is 6.08 Å². The van der Waals surface area contributed by atoms with Crippen molar-refractivity contribution in [3.05, 3.63) is 69.9 Å². The summed E-state index contributed by atoms with van der Waals surface area (Å²) >= 11 is 6.01. The van der Waals surface area contributed by atoms with Crippen LogP contribution in [0.3, 0.4) is 0 Å². The highest BCUT2D eigenvalue weighted by Gasteiger charge is 2.26. The summed E-state index contributed by atoms with van der Waals surface area (Å²) in [6.07, 6.45) is 3.41. The standard InChI is InChI=1S/C21H14ClF2NO5/c1-27-18-9-12(2-4-17(18)29-21(23)24)19-25-15(20(26)30-19)7-11-6-13-8-14(22)3-5-16(13)28-10-11/h2-9,21H,10H2,1H3/b15-7+. The Morgan fingerprint density at radius 3 is 2.80 bits per heavy atom. The molecule has 30 heavy (non-hydrogen) atoms. The zero-order chi connectivity index (χ0) is 21.3. The van der Waals surface area contributed by atoms with Crippen LogP contribution in [0.4, 0.5) is 8.78 Å². The molecule has 0 radical (unpaired) electrons. The SMILES string of the molecule is COc1cc(C2=N/C(=C/C3=Cc4cc(Cl)ccc4OC3)C(=O)O2)ccc1OC(F)F. The summed E-state index contributed by atoms with van der Waals surface area (Å²) in [5.74, 6) is -0.0128. The molecule has 0 saturated carbocycles. The lowest BCUT2D eigenvalue weighted by molar-refractivity contribution is -0.130. The molecule has 0 amide bonds. The van der Waals surface area contributed by atoms with Crippen LogP contribution in [0, 0.1) is 0 Å². The van der Waals surface area contributed by atoms with E-state index >= 15 is 0 Å². The van der Waals surface area contributed by atoms with Crippen molar-refractivity contribution in [1.29, 1.82) is 0 Å². The van der Waals surface area contributed by atoms with Crippen molar-refractivity contribution in [2.75, 3.05) is 13.7 Å². The van der Waals surface area contributed by atoms with Gasteiger partial charge in [-0.25, -0.2) is 9.79 Å². The van der Waals surface area contributed by atoms with E-state index < -0.39 is 12.6 Å². The van der Waals surface area contributed by atoms with Gasteiger partial charge in [0.25, 0.3) is 0 Å². The van der Waals surface area contributed by atoms with E-state index in [1.807, 2.05) is 6.08 Å². The molecule has 0 unspecified atom stereocenters. The fourth-order valence-corrected chi connectivity index (χ4v) is 3.13. The van der Waals surface area contributed by atoms with Gasteiger partial charge in [0.15, 0.2) is 17.2 Å². The Bertz CT molecular complexity index is 1110. The van der Waals surface area contributed by atoms with Crippen LogP contribution in [0.5, 0.6) is 17.2 Å². The number of hydrogen-bond acceptors (Lipinski definition) is 6. The first kappa shape index (κ1) is 19.9. The van der Waals surface area contributed by atoms with Gasteiger partial charge in [-0.2, -0.15) is 8.78 Å². The van der Waals surface area contributed by atoms with Gasteiger partial charge in [-0.05, 0) is 54.1 Å². The third-order valence-electron chi connectivity index (χ3n) is 4.28. The van der Waals surface area contributed by atoms with E-state index in [1.165, 1.54) is 25.3 Å². The minimum absolute atomic E-state index is 0.0221. The van der Waals surface area contributed by atoms with E-state index in [2.05, 4.69) is 9.73 Å². The number of carbonyl (C=O) groups is 1. The number of fused-ring (bicyclic) bond motifs is 1. The molecule has 2 aromatic rings. The molecule has 0 fully saturated rings. The summed E-state index contributed by atoms with van der Waals surface area (Å²) in [6.45, 7) is -2.74. The number of nitrogens with zero attached hydrogens (tertiary/aromatic N) is 1. The van der Waals surface area contributed by atoms with Crippen LogP contribution in [0.2, 0.25) is 5.02 Å². The maximum atomic E-state index is 12.5. The average Bonchev–Trinajstić information content (AvgIpc) is 3.08. The van der Waals surface area contributed by atoms with E-state index in [9.17, 15) is 13.6 Å². The summed E-state index contributed by atoms with van der Waals surface area (Å²) in [5.41, 5.74) is 1.95. The van der Waals surface area contributed by atoms with Crippen LogP contribution in [0.15, 0.2) is 58.7 Å². The quantitative estimate of drug-likeness (QED) is 0.508. The number of benzene rings is 2. The molecule has 2 heterocycles. The Morgan fingerprint density at radius 1 is 1.20 bits per heavy atom. The normalized spacial score (nSPS) is 16.6. The first-order valence-corrected chi connectivity index (χ1v) is 9.09. The monoisotopic (exact) mass is 433 g/mol. The molecule has 154 valence electrons. The van der Waals surface area contributed by atoms with E-state index in [-0.39, 0.29) is 29.7 Å². The number of esters is 1. The number of ether oxygens (including phenoxy) is 4. The van der Waals surface area contributed by atoms with Gasteiger partial charge >= 0.3 is 12.6 Å². The number of aliphatic imine (C=N–C) groups is 1. The lowest BCUT2D eigenvalue weighted by atomic mass is 10.1. The molecule has 0 aliphatic carbocycles. The predicted octanol–water partition coefficient (Wildman–Crippen LogP) is 4.61. The van der Waals surface area contributed by atoms with Gasteiger partial charge in [-0.1, -0.05) is 11.6 Å². The third kappa shape index (κ3) is 4.13. The summed E-state index contributed by atoms with van der Waals surface area (Å²) in [7, 11) is 1.31. The van der Waals surface area contributed by atoms with Crippen molar-refractivity contribution in [3.63, 3.8) is 0 Å². The highest BCUT2D eigenvalue weighted by Crippen LogP contribution is 2.32. The summed E-state index contributed by atoms with van der Waals surface area (Å²) in [5, 5.41) is 0.566. The van der Waals surface area contributed by atoms with Gasteiger partial charge < -0.3 is 18.9 Å². The Balaban J connectivity index is 1.62. The number of halogens is 3. The molecule has 0 saturated heterocycles. The van der Waals surface area contributed by atoms with Gasteiger partial charge in [0.05, 0.1) is 7.11 Å². The molecular weight excluding hydrogens is 420 g/mol. The Hall–Kier alpha value is -3.39. The number of hydrogen-bond donors (Lipinski definition) is 0. The summed E-state index contributed by atoms with van der Waals surface area (Å²) in [6, 6.07) is 9.38. The van der Waals surface area contributed by atoms with E-state index in [4.69, 9.17) is 25.8 Å². The van der Waals surface area contributed by atoms with E-state index in [1.54, 1.807) is 24.3 Å². The van der Waals surface area contributed by atoms with Gasteiger partial charge in [0, 0.05) is 16.1 Å². The second-order valence-electron chi connectivity index (χ2n) is 6.27. The van der Waals surface area contributed by atoms with Crippen molar-refractivity contribution < 1.29 is 32.5 Å². The Kier molecular flexibility index (Phi) is 5.41. The fraction of sp³-hybridized carbons (Fsp3) is 0.143. The molecule has 2 aromatic carbocycles. The first-order valence-electron chi connectivity index (χ1n) is 8.71. The van der Waals surface area contributed by atoms with Gasteiger partial charge in [0.1, 0.15) is 12.4 Å². The van der Waals surface area contributed by atoms with E-state index in [0.717, 1.165) is 5.56 Å². The van der Waals surface area contributed by atoms with Crippen LogP contribution in [-0.2, 0) is 9.53 Å². The number of methoxy groups -OCH3 is 1. The topological polar surface area (TPSA) is 66.4 Å². The van der Waals surface area contributed by atoms with E-state index in [0.29, 0.717) is 21.9 Å². The number of cyclic esters (lactones) is 1. The fourth-order valence-electron chi connectivity index (χ4n) is 2.95. The molecule has 0 atom stereocenters. The van der Waals surface area contributed by atoms with Crippen molar-refractivity contribution in [2.24, 2.45) is 4.99 Å². The minimum atomic E-state index is -2.99. The van der Waals surface area contributed by atoms with Crippen LogP contribution in [-0.4, -0.2) is 32.2 Å². The number of alkyl halides is 2. The number of rotatable bonds is 5. The molecular formula is C21H14ClF2NO5. The Morgan fingerprint density at radius 2 is 2.03 bits per heavy atom. The second-order valence-corrected chi connectivity index (χ2v) is 6.71. The smallest absolute Gasteiger partial charge is 0.387 e. The van der Waals surface area contributed by atoms with Gasteiger partial charge in [-0.15, -0.1) is 0 Å². The molecule has 9 heteroatoms. The van der Waals surface area contributed by atoms with Crippen LogP contribution < -0.4 is 14.2 Å². The maximum Gasteiger partial charge on any atom is 0.387 e. The van der Waals surface area contributed by atoms with Crippen molar-refractivity contribution in [3.8, 4) is 17.2 Å². The maximum absolute atomic E-state index is 12.5. The van der Waals surface area contributed by atoms with Crippen LogP contribution >= 0.6 is 11.6 Å². The molecule has 4 rings (SSSR count). The lowest BCUT2D eigenvalue weighted by Gasteiger charge is -2.16. The third-order valence-corrected chi connectivity index (χ3v) is 4.51. The van der Waals surface area contributed by atoms with Crippen molar-refractivity contribution in [2.45, 2.75) is 6.61 Å². The second kappa shape index (κ2) is 8.16.